The van der Waals surface area contributed by atoms with Crippen LogP contribution in [0.2, 0.25) is 0 Å². The lowest BCUT2D eigenvalue weighted by atomic mass is 10.2. The summed E-state index contributed by atoms with van der Waals surface area (Å²) in [4.78, 5) is 26.2. The van der Waals surface area contributed by atoms with Crippen LogP contribution in [0.4, 0.5) is 5.69 Å². The van der Waals surface area contributed by atoms with Gasteiger partial charge >= 0.3 is 5.97 Å². The standard InChI is InChI=1S/C15H15NO4S/c1-9-11(15(18)19)7-10(20-9)8-16-12-5-6-21-13(12)3-2-4-14(16)17/h5-7H,2-4,8H2,1H3,(H,18,19). The Morgan fingerprint density at radius 2 is 2.29 bits per heavy atom. The molecule has 0 saturated carbocycles. The highest BCUT2D eigenvalue weighted by Gasteiger charge is 2.25. The number of thiophene rings is 1. The smallest absolute Gasteiger partial charge is 0.339 e. The van der Waals surface area contributed by atoms with Crippen LogP contribution < -0.4 is 4.90 Å². The molecule has 0 atom stereocenters. The summed E-state index contributed by atoms with van der Waals surface area (Å²) in [7, 11) is 0. The highest BCUT2D eigenvalue weighted by Crippen LogP contribution is 2.33. The third kappa shape index (κ3) is 2.58. The quantitative estimate of drug-likeness (QED) is 0.945. The maximum atomic E-state index is 12.3. The fraction of sp³-hybridized carbons (Fsp3) is 0.333. The average molecular weight is 305 g/mol. The number of carboxylic acid groups (broad SMARTS) is 1. The first kappa shape index (κ1) is 13.9. The fourth-order valence-corrected chi connectivity index (χ4v) is 3.52. The van der Waals surface area contributed by atoms with Crippen molar-refractivity contribution < 1.29 is 19.1 Å². The number of nitrogens with zero attached hydrogens (tertiary/aromatic N) is 1. The lowest BCUT2D eigenvalue weighted by Gasteiger charge is -2.19. The van der Waals surface area contributed by atoms with Gasteiger partial charge < -0.3 is 14.4 Å². The monoisotopic (exact) mass is 305 g/mol. The molecule has 0 unspecified atom stereocenters. The number of aryl methyl sites for hydroxylation is 2. The molecule has 6 heteroatoms. The van der Waals surface area contributed by atoms with Crippen LogP contribution in [0.15, 0.2) is 21.9 Å². The molecule has 2 aromatic heterocycles. The molecule has 1 aliphatic heterocycles. The van der Waals surface area contributed by atoms with Crippen LogP contribution in [0.3, 0.4) is 0 Å². The largest absolute Gasteiger partial charge is 0.478 e. The molecular formula is C15H15NO4S. The Balaban J connectivity index is 1.92. The van der Waals surface area contributed by atoms with Crippen molar-refractivity contribution in [3.8, 4) is 0 Å². The summed E-state index contributed by atoms with van der Waals surface area (Å²) in [6, 6.07) is 3.44. The van der Waals surface area contributed by atoms with E-state index in [0.717, 1.165) is 18.5 Å². The van der Waals surface area contributed by atoms with Crippen LogP contribution >= 0.6 is 11.3 Å². The number of anilines is 1. The molecule has 0 spiro atoms. The molecule has 3 rings (SSSR count). The van der Waals surface area contributed by atoms with Crippen molar-refractivity contribution >= 4 is 28.9 Å². The molecule has 1 N–H and O–H groups in total. The van der Waals surface area contributed by atoms with Gasteiger partial charge in [0.2, 0.25) is 5.91 Å². The maximum Gasteiger partial charge on any atom is 0.339 e. The first-order chi connectivity index (χ1) is 10.1. The van der Waals surface area contributed by atoms with E-state index >= 15 is 0 Å². The number of hydrogen-bond donors (Lipinski definition) is 1. The van der Waals surface area contributed by atoms with Crippen molar-refractivity contribution in [3.05, 3.63) is 39.5 Å². The molecule has 0 aromatic carbocycles. The highest BCUT2D eigenvalue weighted by atomic mass is 32.1. The number of carbonyl (C=O) groups is 2. The van der Waals surface area contributed by atoms with E-state index in [9.17, 15) is 9.59 Å². The lowest BCUT2D eigenvalue weighted by Crippen LogP contribution is -2.29. The number of carbonyl (C=O) groups excluding carboxylic acids is 1. The van der Waals surface area contributed by atoms with E-state index in [0.29, 0.717) is 17.9 Å². The Hall–Kier alpha value is -2.08. The average Bonchev–Trinajstić information content (AvgIpc) is 2.99. The van der Waals surface area contributed by atoms with Gasteiger partial charge in [0.15, 0.2) is 0 Å². The van der Waals surface area contributed by atoms with Crippen molar-refractivity contribution in [3.63, 3.8) is 0 Å². The molecule has 0 radical (unpaired) electrons. The van der Waals surface area contributed by atoms with Crippen molar-refractivity contribution in [1.29, 1.82) is 0 Å². The summed E-state index contributed by atoms with van der Waals surface area (Å²) < 4.78 is 5.49. The number of aromatic carboxylic acids is 1. The molecule has 0 saturated heterocycles. The van der Waals surface area contributed by atoms with Crippen molar-refractivity contribution in [2.75, 3.05) is 4.90 Å². The van der Waals surface area contributed by atoms with Crippen LogP contribution in [0.25, 0.3) is 0 Å². The van der Waals surface area contributed by atoms with Crippen LogP contribution in [-0.2, 0) is 17.8 Å². The molecule has 0 aliphatic carbocycles. The second-order valence-electron chi connectivity index (χ2n) is 5.05. The zero-order chi connectivity index (χ0) is 15.0. The van der Waals surface area contributed by atoms with Gasteiger partial charge in [-0.05, 0) is 37.3 Å². The van der Waals surface area contributed by atoms with Gasteiger partial charge in [-0.3, -0.25) is 4.79 Å². The lowest BCUT2D eigenvalue weighted by molar-refractivity contribution is -0.118. The second-order valence-corrected chi connectivity index (χ2v) is 6.05. The van der Waals surface area contributed by atoms with Crippen LogP contribution in [0.5, 0.6) is 0 Å². The number of rotatable bonds is 3. The first-order valence-corrected chi connectivity index (χ1v) is 7.63. The van der Waals surface area contributed by atoms with Gasteiger partial charge in [0, 0.05) is 11.3 Å². The predicted octanol–water partition coefficient (Wildman–Crippen LogP) is 3.22. The van der Waals surface area contributed by atoms with Gasteiger partial charge in [-0.1, -0.05) is 0 Å². The first-order valence-electron chi connectivity index (χ1n) is 6.75. The number of carboxylic acids is 1. The van der Waals surface area contributed by atoms with Crippen LogP contribution in [-0.4, -0.2) is 17.0 Å². The second kappa shape index (κ2) is 5.37. The van der Waals surface area contributed by atoms with Gasteiger partial charge in [0.1, 0.15) is 17.1 Å². The van der Waals surface area contributed by atoms with Crippen molar-refractivity contribution in [2.45, 2.75) is 32.7 Å². The van der Waals surface area contributed by atoms with E-state index in [-0.39, 0.29) is 18.0 Å². The summed E-state index contributed by atoms with van der Waals surface area (Å²) >= 11 is 1.65. The van der Waals surface area contributed by atoms with Gasteiger partial charge in [-0.2, -0.15) is 0 Å². The van der Waals surface area contributed by atoms with E-state index in [1.165, 1.54) is 10.9 Å². The third-order valence-corrected chi connectivity index (χ3v) is 4.59. The van der Waals surface area contributed by atoms with Gasteiger partial charge in [-0.15, -0.1) is 11.3 Å². The van der Waals surface area contributed by atoms with E-state index in [1.54, 1.807) is 23.2 Å². The normalized spacial score (nSPS) is 14.9. The molecule has 1 aliphatic rings. The Kier molecular flexibility index (Phi) is 3.55. The zero-order valence-corrected chi connectivity index (χ0v) is 12.4. The van der Waals surface area contributed by atoms with Gasteiger partial charge in [0.25, 0.3) is 0 Å². The number of hydrogen-bond acceptors (Lipinski definition) is 4. The molecule has 0 bridgehead atoms. The summed E-state index contributed by atoms with van der Waals surface area (Å²) in [5.41, 5.74) is 1.08. The van der Waals surface area contributed by atoms with Crippen LogP contribution in [0, 0.1) is 6.92 Å². The molecule has 21 heavy (non-hydrogen) atoms. The Bertz CT molecular complexity index is 700. The predicted molar refractivity (Wildman–Crippen MR) is 78.9 cm³/mol. The topological polar surface area (TPSA) is 70.8 Å². The molecule has 0 fully saturated rings. The highest BCUT2D eigenvalue weighted by molar-refractivity contribution is 7.10. The van der Waals surface area contributed by atoms with Crippen molar-refractivity contribution in [2.24, 2.45) is 0 Å². The minimum Gasteiger partial charge on any atom is -0.478 e. The number of fused-ring (bicyclic) bond motifs is 1. The summed E-state index contributed by atoms with van der Waals surface area (Å²) in [6.45, 7) is 1.89. The van der Waals surface area contributed by atoms with E-state index in [1.807, 2.05) is 11.4 Å². The van der Waals surface area contributed by atoms with Gasteiger partial charge in [-0.25, -0.2) is 4.79 Å². The number of amides is 1. The molecule has 5 nitrogen and oxygen atoms in total. The molecule has 3 heterocycles. The Morgan fingerprint density at radius 1 is 1.48 bits per heavy atom. The van der Waals surface area contributed by atoms with E-state index < -0.39 is 5.97 Å². The summed E-state index contributed by atoms with van der Waals surface area (Å²) in [6.07, 6.45) is 2.26. The minimum absolute atomic E-state index is 0.0538. The minimum atomic E-state index is -1.01. The number of furan rings is 1. The molecule has 110 valence electrons. The Labute approximate surface area is 125 Å². The van der Waals surface area contributed by atoms with Crippen LogP contribution in [0.1, 0.15) is 39.6 Å². The zero-order valence-electron chi connectivity index (χ0n) is 11.6. The van der Waals surface area contributed by atoms with Gasteiger partial charge in [0.05, 0.1) is 12.2 Å². The molecule has 1 amide bonds. The summed E-state index contributed by atoms with van der Waals surface area (Å²) in [5, 5.41) is 11.0. The summed E-state index contributed by atoms with van der Waals surface area (Å²) in [5.74, 6) is -0.0957. The SMILES string of the molecule is Cc1oc(CN2C(=O)CCCc3sccc32)cc1C(=O)O. The maximum absolute atomic E-state index is 12.3. The van der Waals surface area contributed by atoms with E-state index in [4.69, 9.17) is 9.52 Å². The van der Waals surface area contributed by atoms with Crippen molar-refractivity contribution in [1.82, 2.24) is 0 Å². The van der Waals surface area contributed by atoms with E-state index in [2.05, 4.69) is 0 Å². The molecular weight excluding hydrogens is 290 g/mol. The third-order valence-electron chi connectivity index (χ3n) is 3.62. The Morgan fingerprint density at radius 3 is 3.00 bits per heavy atom. The fourth-order valence-electron chi connectivity index (χ4n) is 2.59. The molecule has 2 aromatic rings.